The second kappa shape index (κ2) is 3.84. The van der Waals surface area contributed by atoms with Gasteiger partial charge in [0.25, 0.3) is 0 Å². The quantitative estimate of drug-likeness (QED) is 0.602. The van der Waals surface area contributed by atoms with Crippen LogP contribution in [0.2, 0.25) is 0 Å². The molecule has 0 aromatic rings. The molecule has 0 aliphatic heterocycles. The molecule has 0 saturated heterocycles. The molecule has 0 rings (SSSR count). The van der Waals surface area contributed by atoms with Crippen molar-refractivity contribution < 1.29 is 17.2 Å². The third kappa shape index (κ3) is 10.4. The standard InChI is InChI=1S/C5H11BrO4S/c1-5(2,6)3-4-10-11(7,8)9/h3-4H2,1-2H3,(H,7,8,9). The van der Waals surface area contributed by atoms with Crippen molar-refractivity contribution in [2.24, 2.45) is 0 Å². The Bertz CT molecular complexity index is 203. The largest absolute Gasteiger partial charge is 0.397 e. The summed E-state index contributed by atoms with van der Waals surface area (Å²) in [5, 5.41) is 0. The van der Waals surface area contributed by atoms with Gasteiger partial charge in [-0.1, -0.05) is 15.9 Å². The van der Waals surface area contributed by atoms with E-state index in [-0.39, 0.29) is 10.9 Å². The van der Waals surface area contributed by atoms with Crippen molar-refractivity contribution in [3.05, 3.63) is 0 Å². The van der Waals surface area contributed by atoms with Crippen LogP contribution in [0.1, 0.15) is 20.3 Å². The Hall–Kier alpha value is 0.350. The highest BCUT2D eigenvalue weighted by molar-refractivity contribution is 9.10. The van der Waals surface area contributed by atoms with Crippen molar-refractivity contribution in [3.8, 4) is 0 Å². The predicted octanol–water partition coefficient (Wildman–Crippen LogP) is 1.37. The Morgan fingerprint density at radius 1 is 1.55 bits per heavy atom. The first-order chi connectivity index (χ1) is 4.71. The first-order valence-corrected chi connectivity index (χ1v) is 5.17. The van der Waals surface area contributed by atoms with Gasteiger partial charge in [0.2, 0.25) is 0 Å². The molecular weight excluding hydrogens is 236 g/mol. The molecule has 0 radical (unpaired) electrons. The van der Waals surface area contributed by atoms with Crippen molar-refractivity contribution in [3.63, 3.8) is 0 Å². The highest BCUT2D eigenvalue weighted by atomic mass is 79.9. The van der Waals surface area contributed by atoms with E-state index in [4.69, 9.17) is 4.55 Å². The normalized spacial score (nSPS) is 13.5. The molecule has 0 bridgehead atoms. The molecule has 0 fully saturated rings. The van der Waals surface area contributed by atoms with Gasteiger partial charge in [0.05, 0.1) is 6.61 Å². The molecule has 0 spiro atoms. The highest BCUT2D eigenvalue weighted by Crippen LogP contribution is 2.20. The summed E-state index contributed by atoms with van der Waals surface area (Å²) >= 11 is 3.29. The summed E-state index contributed by atoms with van der Waals surface area (Å²) in [5.74, 6) is 0. The average Bonchev–Trinajstić information content (AvgIpc) is 1.55. The van der Waals surface area contributed by atoms with E-state index >= 15 is 0 Å². The zero-order chi connectivity index (χ0) is 9.12. The van der Waals surface area contributed by atoms with E-state index in [1.54, 1.807) is 0 Å². The van der Waals surface area contributed by atoms with E-state index in [0.717, 1.165) is 0 Å². The fraction of sp³-hybridized carbons (Fsp3) is 1.00. The fourth-order valence-electron chi connectivity index (χ4n) is 0.390. The Balaban J connectivity index is 3.61. The van der Waals surface area contributed by atoms with Gasteiger partial charge in [-0.3, -0.25) is 4.55 Å². The Morgan fingerprint density at radius 3 is 2.27 bits per heavy atom. The molecule has 0 aromatic carbocycles. The van der Waals surface area contributed by atoms with Gasteiger partial charge in [-0.05, 0) is 20.3 Å². The lowest BCUT2D eigenvalue weighted by Crippen LogP contribution is -2.15. The summed E-state index contributed by atoms with van der Waals surface area (Å²) in [7, 11) is -4.27. The highest BCUT2D eigenvalue weighted by Gasteiger charge is 2.14. The second-order valence-corrected chi connectivity index (χ2v) is 5.96. The van der Waals surface area contributed by atoms with Crippen molar-refractivity contribution in [2.45, 2.75) is 24.6 Å². The first-order valence-electron chi connectivity index (χ1n) is 3.01. The monoisotopic (exact) mass is 246 g/mol. The Kier molecular flexibility index (Phi) is 3.96. The fourth-order valence-corrected chi connectivity index (χ4v) is 0.845. The van der Waals surface area contributed by atoms with Crippen LogP contribution in [0.4, 0.5) is 0 Å². The molecule has 0 aliphatic carbocycles. The van der Waals surface area contributed by atoms with Gasteiger partial charge >= 0.3 is 10.4 Å². The molecule has 11 heavy (non-hydrogen) atoms. The number of alkyl halides is 1. The number of hydrogen-bond acceptors (Lipinski definition) is 3. The maximum atomic E-state index is 10.0. The Labute approximate surface area is 75.0 Å². The van der Waals surface area contributed by atoms with Crippen LogP contribution in [0, 0.1) is 0 Å². The lowest BCUT2D eigenvalue weighted by molar-refractivity contribution is 0.258. The van der Waals surface area contributed by atoms with E-state index in [1.165, 1.54) is 0 Å². The smallest absolute Gasteiger partial charge is 0.264 e. The third-order valence-corrected chi connectivity index (χ3v) is 1.79. The maximum absolute atomic E-state index is 10.0. The van der Waals surface area contributed by atoms with Crippen LogP contribution in [-0.2, 0) is 14.6 Å². The van der Waals surface area contributed by atoms with Crippen molar-refractivity contribution >= 4 is 26.3 Å². The average molecular weight is 247 g/mol. The summed E-state index contributed by atoms with van der Waals surface area (Å²) in [6.45, 7) is 3.73. The van der Waals surface area contributed by atoms with E-state index in [2.05, 4.69) is 20.1 Å². The number of halogens is 1. The van der Waals surface area contributed by atoms with Gasteiger partial charge in [-0.15, -0.1) is 0 Å². The summed E-state index contributed by atoms with van der Waals surface area (Å²) in [6.07, 6.45) is 0.507. The van der Waals surface area contributed by atoms with Crippen molar-refractivity contribution in [1.82, 2.24) is 0 Å². The SMILES string of the molecule is CC(C)(Br)CCOS(=O)(=O)O. The molecule has 0 saturated carbocycles. The van der Waals surface area contributed by atoms with Crippen LogP contribution in [-0.4, -0.2) is 23.9 Å². The van der Waals surface area contributed by atoms with Crippen LogP contribution < -0.4 is 0 Å². The van der Waals surface area contributed by atoms with Crippen LogP contribution in [0.5, 0.6) is 0 Å². The minimum Gasteiger partial charge on any atom is -0.264 e. The lowest BCUT2D eigenvalue weighted by Gasteiger charge is -2.14. The minimum absolute atomic E-state index is 0.0168. The van der Waals surface area contributed by atoms with Crippen molar-refractivity contribution in [2.75, 3.05) is 6.61 Å². The molecule has 1 N–H and O–H groups in total. The van der Waals surface area contributed by atoms with Crippen LogP contribution in [0.3, 0.4) is 0 Å². The molecule has 0 unspecified atom stereocenters. The molecule has 0 heterocycles. The number of hydrogen-bond donors (Lipinski definition) is 1. The van der Waals surface area contributed by atoms with Gasteiger partial charge < -0.3 is 0 Å². The predicted molar refractivity (Wildman–Crippen MR) is 45.1 cm³/mol. The molecule has 0 amide bonds. The van der Waals surface area contributed by atoms with Gasteiger partial charge in [-0.2, -0.15) is 8.42 Å². The van der Waals surface area contributed by atoms with E-state index in [9.17, 15) is 8.42 Å². The van der Waals surface area contributed by atoms with Crippen LogP contribution >= 0.6 is 15.9 Å². The van der Waals surface area contributed by atoms with E-state index in [1.807, 2.05) is 13.8 Å². The molecule has 0 aliphatic rings. The zero-order valence-electron chi connectivity index (χ0n) is 6.37. The number of rotatable bonds is 4. The third-order valence-electron chi connectivity index (χ3n) is 0.929. The minimum atomic E-state index is -4.27. The van der Waals surface area contributed by atoms with Crippen LogP contribution in [0.25, 0.3) is 0 Å². The zero-order valence-corrected chi connectivity index (χ0v) is 8.77. The molecule has 0 atom stereocenters. The van der Waals surface area contributed by atoms with Gasteiger partial charge in [0.1, 0.15) is 0 Å². The summed E-state index contributed by atoms with van der Waals surface area (Å²) in [6, 6.07) is 0. The molecule has 68 valence electrons. The van der Waals surface area contributed by atoms with Gasteiger partial charge in [0, 0.05) is 4.32 Å². The first kappa shape index (κ1) is 11.4. The topological polar surface area (TPSA) is 63.6 Å². The summed E-state index contributed by atoms with van der Waals surface area (Å²) in [4.78, 5) is 0. The van der Waals surface area contributed by atoms with Crippen molar-refractivity contribution in [1.29, 1.82) is 0 Å². The van der Waals surface area contributed by atoms with Crippen LogP contribution in [0.15, 0.2) is 0 Å². The second-order valence-electron chi connectivity index (χ2n) is 2.72. The van der Waals surface area contributed by atoms with E-state index < -0.39 is 10.4 Å². The molecule has 6 heteroatoms. The molecule has 4 nitrogen and oxygen atoms in total. The maximum Gasteiger partial charge on any atom is 0.397 e. The Morgan fingerprint density at radius 2 is 2.00 bits per heavy atom. The van der Waals surface area contributed by atoms with Gasteiger partial charge in [0.15, 0.2) is 0 Å². The van der Waals surface area contributed by atoms with Gasteiger partial charge in [-0.25, -0.2) is 4.18 Å². The summed E-state index contributed by atoms with van der Waals surface area (Å²) in [5.41, 5.74) is 0. The lowest BCUT2D eigenvalue weighted by atomic mass is 10.1. The molecular formula is C5H11BrO4S. The van der Waals surface area contributed by atoms with E-state index in [0.29, 0.717) is 6.42 Å². The molecule has 0 aromatic heterocycles. The summed E-state index contributed by atoms with van der Waals surface area (Å²) < 4.78 is 32.2.